The summed E-state index contributed by atoms with van der Waals surface area (Å²) in [7, 11) is 1.60. The first-order chi connectivity index (χ1) is 13.1. The van der Waals surface area contributed by atoms with Crippen LogP contribution < -0.4 is 20.1 Å². The first-order valence-corrected chi connectivity index (χ1v) is 9.18. The van der Waals surface area contributed by atoms with Crippen LogP contribution in [0.15, 0.2) is 54.6 Å². The zero-order valence-corrected chi connectivity index (χ0v) is 16.2. The lowest BCUT2D eigenvalue weighted by molar-refractivity contribution is -0.116. The van der Waals surface area contributed by atoms with Gasteiger partial charge in [0.25, 0.3) is 0 Å². The number of nitrogens with one attached hydrogen (secondary N) is 2. The maximum atomic E-state index is 11.9. The van der Waals surface area contributed by atoms with E-state index in [4.69, 9.17) is 9.47 Å². The van der Waals surface area contributed by atoms with E-state index in [-0.39, 0.29) is 12.0 Å². The summed E-state index contributed by atoms with van der Waals surface area (Å²) in [5, 5.41) is 6.20. The molecule has 0 fully saturated rings. The highest BCUT2D eigenvalue weighted by Gasteiger charge is 2.06. The molecule has 0 aliphatic rings. The quantitative estimate of drug-likeness (QED) is 0.489. The first-order valence-electron chi connectivity index (χ1n) is 9.18. The predicted molar refractivity (Wildman–Crippen MR) is 110 cm³/mol. The summed E-state index contributed by atoms with van der Waals surface area (Å²) in [5.74, 6) is 1.23. The molecule has 0 saturated carbocycles. The SMILES string of the molecule is COc1cc(C=CC(=O)NCCCNc2ccccc2)ccc1OC(C)C. The lowest BCUT2D eigenvalue weighted by atomic mass is 10.2. The van der Waals surface area contributed by atoms with Crippen molar-refractivity contribution in [3.63, 3.8) is 0 Å². The molecule has 0 aliphatic carbocycles. The topological polar surface area (TPSA) is 59.6 Å². The van der Waals surface area contributed by atoms with Crippen LogP contribution >= 0.6 is 0 Å². The summed E-state index contributed by atoms with van der Waals surface area (Å²) in [5.41, 5.74) is 1.96. The van der Waals surface area contributed by atoms with E-state index in [0.717, 1.165) is 24.2 Å². The van der Waals surface area contributed by atoms with Gasteiger partial charge in [0, 0.05) is 24.9 Å². The Labute approximate surface area is 161 Å². The maximum Gasteiger partial charge on any atom is 0.244 e. The van der Waals surface area contributed by atoms with E-state index < -0.39 is 0 Å². The lowest BCUT2D eigenvalue weighted by Gasteiger charge is -2.13. The molecule has 0 radical (unpaired) electrons. The molecule has 0 aromatic heterocycles. The van der Waals surface area contributed by atoms with Crippen molar-refractivity contribution in [2.75, 3.05) is 25.5 Å². The molecular weight excluding hydrogens is 340 g/mol. The minimum atomic E-state index is -0.115. The van der Waals surface area contributed by atoms with Crippen molar-refractivity contribution in [3.05, 3.63) is 60.2 Å². The summed E-state index contributed by atoms with van der Waals surface area (Å²) in [6.07, 6.45) is 4.22. The molecule has 0 bridgehead atoms. The van der Waals surface area contributed by atoms with Gasteiger partial charge in [-0.15, -0.1) is 0 Å². The van der Waals surface area contributed by atoms with Crippen LogP contribution in [0.3, 0.4) is 0 Å². The molecular formula is C22H28N2O3. The lowest BCUT2D eigenvalue weighted by Crippen LogP contribution is -2.23. The average molecular weight is 368 g/mol. The second kappa shape index (κ2) is 10.9. The second-order valence-electron chi connectivity index (χ2n) is 6.35. The Hall–Kier alpha value is -2.95. The fourth-order valence-electron chi connectivity index (χ4n) is 2.46. The van der Waals surface area contributed by atoms with Gasteiger partial charge >= 0.3 is 0 Å². The van der Waals surface area contributed by atoms with Gasteiger partial charge in [-0.1, -0.05) is 24.3 Å². The number of hydrogen-bond donors (Lipinski definition) is 2. The van der Waals surface area contributed by atoms with Gasteiger partial charge in [-0.05, 0) is 56.2 Å². The van der Waals surface area contributed by atoms with Crippen molar-refractivity contribution in [1.82, 2.24) is 5.32 Å². The van der Waals surface area contributed by atoms with Gasteiger partial charge in [0.15, 0.2) is 11.5 Å². The third kappa shape index (κ3) is 7.44. The molecule has 144 valence electrons. The van der Waals surface area contributed by atoms with Gasteiger partial charge < -0.3 is 20.1 Å². The number of amides is 1. The minimum absolute atomic E-state index is 0.0717. The molecule has 5 nitrogen and oxygen atoms in total. The smallest absolute Gasteiger partial charge is 0.244 e. The number of carbonyl (C=O) groups excluding carboxylic acids is 1. The predicted octanol–water partition coefficient (Wildman–Crippen LogP) is 4.11. The van der Waals surface area contributed by atoms with Crippen LogP contribution in [0, 0.1) is 0 Å². The monoisotopic (exact) mass is 368 g/mol. The van der Waals surface area contributed by atoms with Crippen molar-refractivity contribution in [2.45, 2.75) is 26.4 Å². The second-order valence-corrected chi connectivity index (χ2v) is 6.35. The molecule has 2 aromatic rings. The minimum Gasteiger partial charge on any atom is -0.493 e. The zero-order chi connectivity index (χ0) is 19.5. The van der Waals surface area contributed by atoms with E-state index in [9.17, 15) is 4.79 Å². The Bertz CT molecular complexity index is 742. The van der Waals surface area contributed by atoms with Crippen LogP contribution in [0.5, 0.6) is 11.5 Å². The number of benzene rings is 2. The molecule has 0 heterocycles. The van der Waals surface area contributed by atoms with Gasteiger partial charge in [-0.2, -0.15) is 0 Å². The summed E-state index contributed by atoms with van der Waals surface area (Å²) >= 11 is 0. The van der Waals surface area contributed by atoms with Crippen molar-refractivity contribution in [3.8, 4) is 11.5 Å². The number of methoxy groups -OCH3 is 1. The summed E-state index contributed by atoms with van der Waals surface area (Å²) < 4.78 is 11.0. The molecule has 0 atom stereocenters. The number of rotatable bonds is 10. The molecule has 2 N–H and O–H groups in total. The highest BCUT2D eigenvalue weighted by atomic mass is 16.5. The van der Waals surface area contributed by atoms with Crippen LogP contribution in [0.4, 0.5) is 5.69 Å². The summed E-state index contributed by atoms with van der Waals surface area (Å²) in [6, 6.07) is 15.6. The molecule has 0 aliphatic heterocycles. The van der Waals surface area contributed by atoms with Crippen LogP contribution in [0.1, 0.15) is 25.8 Å². The van der Waals surface area contributed by atoms with Crippen molar-refractivity contribution < 1.29 is 14.3 Å². The first kappa shape index (κ1) is 20.4. The van der Waals surface area contributed by atoms with Crippen LogP contribution in [0.25, 0.3) is 6.08 Å². The van der Waals surface area contributed by atoms with Gasteiger partial charge in [0.05, 0.1) is 13.2 Å². The molecule has 2 rings (SSSR count). The number of hydrogen-bond acceptors (Lipinski definition) is 4. The number of para-hydroxylation sites is 1. The van der Waals surface area contributed by atoms with Gasteiger partial charge in [-0.25, -0.2) is 0 Å². The van der Waals surface area contributed by atoms with E-state index in [0.29, 0.717) is 18.0 Å². The van der Waals surface area contributed by atoms with Crippen LogP contribution in [-0.4, -0.2) is 32.2 Å². The number of anilines is 1. The van der Waals surface area contributed by atoms with E-state index >= 15 is 0 Å². The molecule has 0 saturated heterocycles. The van der Waals surface area contributed by atoms with E-state index in [1.54, 1.807) is 13.2 Å². The van der Waals surface area contributed by atoms with Gasteiger partial charge in [0.2, 0.25) is 5.91 Å². The van der Waals surface area contributed by atoms with Crippen molar-refractivity contribution in [1.29, 1.82) is 0 Å². The molecule has 5 heteroatoms. The third-order valence-electron chi connectivity index (χ3n) is 3.73. The maximum absolute atomic E-state index is 11.9. The van der Waals surface area contributed by atoms with E-state index in [2.05, 4.69) is 10.6 Å². The number of carbonyl (C=O) groups is 1. The van der Waals surface area contributed by atoms with Gasteiger partial charge in [0.1, 0.15) is 0 Å². The van der Waals surface area contributed by atoms with Crippen LogP contribution in [0.2, 0.25) is 0 Å². The van der Waals surface area contributed by atoms with E-state index in [1.165, 1.54) is 6.08 Å². The normalized spacial score (nSPS) is 10.8. The highest BCUT2D eigenvalue weighted by Crippen LogP contribution is 2.29. The van der Waals surface area contributed by atoms with E-state index in [1.807, 2.05) is 62.4 Å². The highest BCUT2D eigenvalue weighted by molar-refractivity contribution is 5.91. The molecule has 1 amide bonds. The van der Waals surface area contributed by atoms with Crippen LogP contribution in [-0.2, 0) is 4.79 Å². The van der Waals surface area contributed by atoms with Crippen molar-refractivity contribution >= 4 is 17.7 Å². The molecule has 2 aromatic carbocycles. The standard InChI is InChI=1S/C22H28N2O3/c1-17(2)27-20-12-10-18(16-21(20)26-3)11-13-22(25)24-15-7-14-23-19-8-5-4-6-9-19/h4-6,8-13,16-17,23H,7,14-15H2,1-3H3,(H,24,25). The average Bonchev–Trinajstić information content (AvgIpc) is 2.67. The Morgan fingerprint density at radius 2 is 1.85 bits per heavy atom. The summed E-state index contributed by atoms with van der Waals surface area (Å²) in [4.78, 5) is 11.9. The van der Waals surface area contributed by atoms with Crippen molar-refractivity contribution in [2.24, 2.45) is 0 Å². The molecule has 27 heavy (non-hydrogen) atoms. The Balaban J connectivity index is 1.75. The number of ether oxygens (including phenoxy) is 2. The van der Waals surface area contributed by atoms with Gasteiger partial charge in [-0.3, -0.25) is 4.79 Å². The largest absolute Gasteiger partial charge is 0.493 e. The fourth-order valence-corrected chi connectivity index (χ4v) is 2.46. The fraction of sp³-hybridized carbons (Fsp3) is 0.318. The summed E-state index contributed by atoms with van der Waals surface area (Å²) in [6.45, 7) is 5.36. The Morgan fingerprint density at radius 3 is 2.56 bits per heavy atom. The zero-order valence-electron chi connectivity index (χ0n) is 16.2. The molecule has 0 spiro atoms. The Morgan fingerprint density at radius 1 is 1.07 bits per heavy atom. The molecule has 0 unspecified atom stereocenters. The third-order valence-corrected chi connectivity index (χ3v) is 3.73. The Kier molecular flexibility index (Phi) is 8.23.